The highest BCUT2D eigenvalue weighted by Gasteiger charge is 2.70. The number of para-hydroxylation sites is 1. The average Bonchev–Trinajstić information content (AvgIpc) is 3.62. The van der Waals surface area contributed by atoms with Crippen LogP contribution in [0.15, 0.2) is 157 Å². The second-order valence-corrected chi connectivity index (χ2v) is 15.8. The number of hydrogen-bond acceptors (Lipinski definition) is 6. The van der Waals surface area contributed by atoms with Crippen LogP contribution in [0, 0.1) is 23.7 Å². The third kappa shape index (κ3) is 5.20. The summed E-state index contributed by atoms with van der Waals surface area (Å²) in [6, 6.07) is 44.1. The van der Waals surface area contributed by atoms with Gasteiger partial charge in [0.25, 0.3) is 0 Å². The number of benzene rings is 6. The van der Waals surface area contributed by atoms with Gasteiger partial charge in [-0.15, -0.1) is 0 Å². The first-order chi connectivity index (χ1) is 27.8. The topological polar surface area (TPSA) is 107 Å². The number of hydrogen-bond donors (Lipinski definition) is 2. The van der Waals surface area contributed by atoms with Crippen molar-refractivity contribution in [2.45, 2.75) is 24.2 Å². The molecule has 2 N–H and O–H groups in total. The van der Waals surface area contributed by atoms with Gasteiger partial charge in [-0.2, -0.15) is 0 Å². The van der Waals surface area contributed by atoms with Crippen LogP contribution in [0.1, 0.15) is 29.9 Å². The molecule has 10 rings (SSSR count). The molecular weight excluding hydrogens is 734 g/mol. The molecule has 0 aromatic heterocycles. The summed E-state index contributed by atoms with van der Waals surface area (Å²) in [5.74, 6) is -5.30. The van der Waals surface area contributed by atoms with Gasteiger partial charge in [0.05, 0.1) is 34.5 Å². The Labute approximate surface area is 334 Å². The van der Waals surface area contributed by atoms with Gasteiger partial charge in [0.2, 0.25) is 23.6 Å². The van der Waals surface area contributed by atoms with Gasteiger partial charge in [0.1, 0.15) is 5.75 Å². The van der Waals surface area contributed by atoms with E-state index >= 15 is 9.59 Å². The van der Waals surface area contributed by atoms with Gasteiger partial charge in [-0.3, -0.25) is 24.1 Å². The molecular formula is C48H36ClN3O5. The highest BCUT2D eigenvalue weighted by molar-refractivity contribution is 6.32. The van der Waals surface area contributed by atoms with E-state index in [1.807, 2.05) is 109 Å². The molecule has 6 unspecified atom stereocenters. The number of nitrogens with one attached hydrogen (secondary N) is 1. The minimum Gasteiger partial charge on any atom is -0.508 e. The van der Waals surface area contributed by atoms with Crippen molar-refractivity contribution < 1.29 is 24.3 Å². The molecule has 0 radical (unpaired) electrons. The fourth-order valence-corrected chi connectivity index (χ4v) is 10.5. The number of allylic oxidation sites excluding steroid dienone is 2. The fraction of sp³-hybridized carbons (Fsp3) is 0.167. The summed E-state index contributed by atoms with van der Waals surface area (Å²) in [5.41, 5.74) is 2.95. The van der Waals surface area contributed by atoms with Crippen LogP contribution in [0.25, 0.3) is 10.8 Å². The molecule has 2 saturated heterocycles. The van der Waals surface area contributed by atoms with E-state index in [9.17, 15) is 14.7 Å². The van der Waals surface area contributed by atoms with E-state index in [0.29, 0.717) is 27.5 Å². The van der Waals surface area contributed by atoms with Crippen LogP contribution in [0.4, 0.5) is 22.7 Å². The number of carbonyl (C=O) groups is 4. The number of amides is 4. The average molecular weight is 770 g/mol. The van der Waals surface area contributed by atoms with E-state index in [1.54, 1.807) is 42.5 Å². The van der Waals surface area contributed by atoms with E-state index in [2.05, 4.69) is 5.32 Å². The van der Waals surface area contributed by atoms with Crippen LogP contribution in [-0.2, 0) is 24.6 Å². The molecule has 2 heterocycles. The first-order valence-corrected chi connectivity index (χ1v) is 19.5. The molecule has 280 valence electrons. The highest BCUT2D eigenvalue weighted by atomic mass is 35.5. The van der Waals surface area contributed by atoms with Crippen LogP contribution < -0.4 is 15.1 Å². The van der Waals surface area contributed by atoms with Gasteiger partial charge < -0.3 is 10.4 Å². The summed E-state index contributed by atoms with van der Waals surface area (Å²) >= 11 is 6.46. The maximum atomic E-state index is 15.6. The van der Waals surface area contributed by atoms with E-state index in [0.717, 1.165) is 27.7 Å². The number of phenols is 1. The molecule has 2 aliphatic heterocycles. The van der Waals surface area contributed by atoms with Crippen molar-refractivity contribution in [3.63, 3.8) is 0 Å². The molecule has 9 heteroatoms. The highest BCUT2D eigenvalue weighted by Crippen LogP contribution is 2.66. The lowest BCUT2D eigenvalue weighted by Crippen LogP contribution is -2.53. The van der Waals surface area contributed by atoms with Crippen LogP contribution in [0.3, 0.4) is 0 Å². The van der Waals surface area contributed by atoms with Gasteiger partial charge >= 0.3 is 0 Å². The Balaban J connectivity index is 1.14. The van der Waals surface area contributed by atoms with Crippen molar-refractivity contribution in [2.24, 2.45) is 23.7 Å². The van der Waals surface area contributed by atoms with Crippen molar-refractivity contribution in [3.8, 4) is 5.75 Å². The summed E-state index contributed by atoms with van der Waals surface area (Å²) in [7, 11) is 0. The molecule has 57 heavy (non-hydrogen) atoms. The number of aromatic hydroxyl groups is 1. The maximum absolute atomic E-state index is 15.6. The number of phenolic OH excluding ortho intramolecular Hbond substituents is 1. The molecule has 1 saturated carbocycles. The number of nitrogens with zero attached hydrogens (tertiary/aromatic N) is 2. The molecule has 4 amide bonds. The lowest BCUT2D eigenvalue weighted by molar-refractivity contribution is -0.127. The summed E-state index contributed by atoms with van der Waals surface area (Å²) in [6.45, 7) is 0. The van der Waals surface area contributed by atoms with Crippen LogP contribution in [0.5, 0.6) is 5.75 Å². The predicted octanol–water partition coefficient (Wildman–Crippen LogP) is 9.31. The van der Waals surface area contributed by atoms with Gasteiger partial charge in [-0.25, -0.2) is 4.90 Å². The van der Waals surface area contributed by atoms with Crippen molar-refractivity contribution in [2.75, 3.05) is 15.1 Å². The summed E-state index contributed by atoms with van der Waals surface area (Å²) < 4.78 is 0. The number of carbonyl (C=O) groups excluding carboxylic acids is 4. The number of anilines is 4. The Morgan fingerprint density at radius 3 is 2.11 bits per heavy atom. The zero-order valence-corrected chi connectivity index (χ0v) is 31.3. The molecule has 8 nitrogen and oxygen atoms in total. The predicted molar refractivity (Wildman–Crippen MR) is 220 cm³/mol. The smallest absolute Gasteiger partial charge is 0.246 e. The third-order valence-electron chi connectivity index (χ3n) is 12.6. The second-order valence-electron chi connectivity index (χ2n) is 15.4. The monoisotopic (exact) mass is 769 g/mol. The summed E-state index contributed by atoms with van der Waals surface area (Å²) in [5, 5.41) is 17.3. The quantitative estimate of drug-likeness (QED) is 0.129. The Morgan fingerprint density at radius 1 is 0.649 bits per heavy atom. The Hall–Kier alpha value is -6.51. The second kappa shape index (κ2) is 13.3. The zero-order chi connectivity index (χ0) is 39.0. The minimum absolute atomic E-state index is 0.0162. The molecule has 6 aromatic rings. The van der Waals surface area contributed by atoms with E-state index in [-0.39, 0.29) is 30.4 Å². The Morgan fingerprint density at radius 2 is 1.35 bits per heavy atom. The SMILES string of the molecule is O=C1C2CC=C3C(CC4C(=O)N(c5cccc(Cl)c5)C(=O)C4(c4ccccc4)C3c3c(O)ccc4ccccc34)C2C(=O)N1c1ccc(Nc2ccccc2)cc1. The lowest BCUT2D eigenvalue weighted by Gasteiger charge is -2.51. The van der Waals surface area contributed by atoms with Crippen LogP contribution in [-0.4, -0.2) is 28.7 Å². The van der Waals surface area contributed by atoms with E-state index < -0.39 is 46.8 Å². The van der Waals surface area contributed by atoms with Gasteiger partial charge in [0, 0.05) is 27.9 Å². The Bertz CT molecular complexity index is 2660. The number of halogens is 1. The Kier molecular flexibility index (Phi) is 8.16. The van der Waals surface area contributed by atoms with Crippen molar-refractivity contribution >= 4 is 68.8 Å². The molecule has 2 aliphatic carbocycles. The molecule has 3 fully saturated rings. The molecule has 4 aliphatic rings. The first kappa shape index (κ1) is 34.9. The molecule has 0 spiro atoms. The standard InChI is InChI=1S/C48H36ClN3O5/c49-30-13-9-16-34(26-30)52-45(55)39-27-38-36(23-24-37-41(38)46(56)51(44(37)54)33-21-19-32(20-22-33)50-31-14-5-2-6-15-31)43(48(39,47(52)57)29-11-3-1-4-12-29)42-35-17-8-7-10-28(35)18-25-40(42)53/h1-23,25-26,37-39,41,43,50,53H,24,27H2. The number of fused-ring (bicyclic) bond motifs is 5. The lowest BCUT2D eigenvalue weighted by atomic mass is 9.48. The molecule has 0 bridgehead atoms. The van der Waals surface area contributed by atoms with E-state index in [4.69, 9.17) is 11.6 Å². The van der Waals surface area contributed by atoms with Gasteiger partial charge in [0.15, 0.2) is 0 Å². The normalized spacial score (nSPS) is 25.3. The van der Waals surface area contributed by atoms with Crippen molar-refractivity contribution in [3.05, 3.63) is 173 Å². The largest absolute Gasteiger partial charge is 0.508 e. The fourth-order valence-electron chi connectivity index (χ4n) is 10.3. The maximum Gasteiger partial charge on any atom is 0.246 e. The summed E-state index contributed by atoms with van der Waals surface area (Å²) in [4.78, 5) is 62.5. The zero-order valence-electron chi connectivity index (χ0n) is 30.6. The van der Waals surface area contributed by atoms with Crippen LogP contribution >= 0.6 is 11.6 Å². The molecule has 6 atom stereocenters. The first-order valence-electron chi connectivity index (χ1n) is 19.2. The van der Waals surface area contributed by atoms with Crippen molar-refractivity contribution in [1.29, 1.82) is 0 Å². The third-order valence-corrected chi connectivity index (χ3v) is 12.8. The minimum atomic E-state index is -1.51. The number of imide groups is 2. The molecule has 6 aromatic carbocycles. The van der Waals surface area contributed by atoms with Gasteiger partial charge in [-0.1, -0.05) is 108 Å². The van der Waals surface area contributed by atoms with Gasteiger partial charge in [-0.05, 0) is 95.8 Å². The van der Waals surface area contributed by atoms with E-state index in [1.165, 1.54) is 9.80 Å². The van der Waals surface area contributed by atoms with Crippen molar-refractivity contribution in [1.82, 2.24) is 0 Å². The summed E-state index contributed by atoms with van der Waals surface area (Å²) in [6.07, 6.45) is 2.43. The van der Waals surface area contributed by atoms with Crippen LogP contribution in [0.2, 0.25) is 5.02 Å². The number of rotatable bonds is 6.